The van der Waals surface area contributed by atoms with Crippen LogP contribution in [0.15, 0.2) is 11.1 Å². The molecule has 0 saturated heterocycles. The summed E-state index contributed by atoms with van der Waals surface area (Å²) >= 11 is 0. The largest absolute Gasteiger partial charge is 0.235 e. The van der Waals surface area contributed by atoms with E-state index in [0.717, 1.165) is 0 Å². The van der Waals surface area contributed by atoms with E-state index in [4.69, 9.17) is 0 Å². The van der Waals surface area contributed by atoms with Crippen molar-refractivity contribution in [2.24, 2.45) is 4.99 Å². The van der Waals surface area contributed by atoms with Crippen LogP contribution in [-0.2, 0) is 10.3 Å². The molecule has 1 fully saturated rings. The van der Waals surface area contributed by atoms with Gasteiger partial charge in [0.05, 0.1) is 0 Å². The van der Waals surface area contributed by atoms with Gasteiger partial charge in [0.2, 0.25) is 6.08 Å². The minimum Gasteiger partial charge on any atom is -0.211 e. The summed E-state index contributed by atoms with van der Waals surface area (Å²) in [6, 6.07) is 0.529. The summed E-state index contributed by atoms with van der Waals surface area (Å²) in [5.41, 5.74) is -1.70. The Kier molecular flexibility index (Phi) is 2.31. The zero-order valence-electron chi connectivity index (χ0n) is 7.86. The van der Waals surface area contributed by atoms with Crippen LogP contribution in [0.4, 0.5) is 17.6 Å². The van der Waals surface area contributed by atoms with E-state index >= 15 is 0 Å². The van der Waals surface area contributed by atoms with Gasteiger partial charge in [0, 0.05) is 5.56 Å². The molecule has 84 valence electrons. The molecule has 0 radical (unpaired) electrons. The van der Waals surface area contributed by atoms with Crippen molar-refractivity contribution in [1.29, 1.82) is 0 Å². The van der Waals surface area contributed by atoms with Crippen molar-refractivity contribution in [3.05, 3.63) is 34.9 Å². The first kappa shape index (κ1) is 10.8. The minimum absolute atomic E-state index is 0.281. The minimum atomic E-state index is -1.89. The van der Waals surface area contributed by atoms with Gasteiger partial charge in [-0.05, 0) is 18.9 Å². The Morgan fingerprint density at radius 3 is 2.25 bits per heavy atom. The normalized spacial score (nSPS) is 16.8. The maximum Gasteiger partial charge on any atom is 0.235 e. The lowest BCUT2D eigenvalue weighted by atomic mass is 10.0. The molecular weight excluding hydrogens is 226 g/mol. The zero-order valence-corrected chi connectivity index (χ0v) is 7.86. The molecule has 1 aliphatic rings. The number of halogens is 4. The van der Waals surface area contributed by atoms with E-state index in [-0.39, 0.29) is 12.8 Å². The molecule has 0 amide bonds. The third-order valence-corrected chi connectivity index (χ3v) is 2.59. The molecule has 1 aromatic carbocycles. The van der Waals surface area contributed by atoms with Crippen LogP contribution < -0.4 is 0 Å². The van der Waals surface area contributed by atoms with E-state index in [1.807, 2.05) is 0 Å². The number of nitrogens with zero attached hydrogens (tertiary/aromatic N) is 1. The van der Waals surface area contributed by atoms with Gasteiger partial charge in [-0.15, -0.1) is 0 Å². The number of rotatable bonds is 2. The third kappa shape index (κ3) is 1.42. The van der Waals surface area contributed by atoms with Gasteiger partial charge in [-0.1, -0.05) is 0 Å². The number of hydrogen-bond acceptors (Lipinski definition) is 2. The molecule has 6 heteroatoms. The van der Waals surface area contributed by atoms with E-state index in [2.05, 4.69) is 4.99 Å². The molecule has 0 spiro atoms. The number of hydrogen-bond donors (Lipinski definition) is 0. The van der Waals surface area contributed by atoms with Crippen molar-refractivity contribution in [3.8, 4) is 0 Å². The van der Waals surface area contributed by atoms with Crippen LogP contribution in [0.25, 0.3) is 0 Å². The Bertz CT molecular complexity index is 504. The second-order valence-corrected chi connectivity index (χ2v) is 3.58. The summed E-state index contributed by atoms with van der Waals surface area (Å²) in [5, 5.41) is 0. The van der Waals surface area contributed by atoms with Crippen LogP contribution in [0.2, 0.25) is 0 Å². The molecular formula is C10H5F4NO. The lowest BCUT2D eigenvalue weighted by molar-refractivity contribution is 0.398. The molecule has 0 atom stereocenters. The molecule has 0 aliphatic heterocycles. The maximum atomic E-state index is 13.3. The number of benzene rings is 1. The summed E-state index contributed by atoms with van der Waals surface area (Å²) < 4.78 is 51.8. The molecule has 16 heavy (non-hydrogen) atoms. The van der Waals surface area contributed by atoms with E-state index in [1.54, 1.807) is 0 Å². The van der Waals surface area contributed by atoms with Crippen molar-refractivity contribution >= 4 is 6.08 Å². The molecule has 0 bridgehead atoms. The van der Waals surface area contributed by atoms with Gasteiger partial charge in [-0.2, -0.15) is 4.99 Å². The molecule has 0 unspecified atom stereocenters. The van der Waals surface area contributed by atoms with Crippen molar-refractivity contribution < 1.29 is 22.4 Å². The Hall–Kier alpha value is -1.68. The Balaban J connectivity index is 2.63. The summed E-state index contributed by atoms with van der Waals surface area (Å²) in [4.78, 5) is 13.4. The van der Waals surface area contributed by atoms with Gasteiger partial charge in [0.25, 0.3) is 0 Å². The first-order valence-electron chi connectivity index (χ1n) is 4.44. The van der Waals surface area contributed by atoms with Gasteiger partial charge in [0.1, 0.15) is 5.54 Å². The predicted molar refractivity (Wildman–Crippen MR) is 45.3 cm³/mol. The van der Waals surface area contributed by atoms with Crippen molar-refractivity contribution in [3.63, 3.8) is 0 Å². The second kappa shape index (κ2) is 3.42. The van der Waals surface area contributed by atoms with E-state index in [0.29, 0.717) is 6.07 Å². The van der Waals surface area contributed by atoms with E-state index < -0.39 is 34.4 Å². The van der Waals surface area contributed by atoms with Crippen LogP contribution in [0.5, 0.6) is 0 Å². The van der Waals surface area contributed by atoms with Gasteiger partial charge in [-0.3, -0.25) is 0 Å². The van der Waals surface area contributed by atoms with E-state index in [1.165, 1.54) is 6.08 Å². The Morgan fingerprint density at radius 1 is 1.12 bits per heavy atom. The van der Waals surface area contributed by atoms with Gasteiger partial charge >= 0.3 is 0 Å². The number of carbonyl (C=O) groups excluding carboxylic acids is 1. The SMILES string of the molecule is O=C=NC1(c2cc(F)c(F)c(F)c2F)CC1. The third-order valence-electron chi connectivity index (χ3n) is 2.59. The highest BCUT2D eigenvalue weighted by atomic mass is 19.2. The number of isocyanates is 1. The average Bonchev–Trinajstić information content (AvgIpc) is 3.02. The highest BCUT2D eigenvalue weighted by molar-refractivity contribution is 5.42. The lowest BCUT2D eigenvalue weighted by Crippen LogP contribution is -2.10. The molecule has 0 heterocycles. The topological polar surface area (TPSA) is 29.4 Å². The van der Waals surface area contributed by atoms with Crippen molar-refractivity contribution in [2.75, 3.05) is 0 Å². The van der Waals surface area contributed by atoms with Crippen molar-refractivity contribution in [2.45, 2.75) is 18.4 Å². The number of aliphatic imine (C=N–C) groups is 1. The summed E-state index contributed by atoms with van der Waals surface area (Å²) in [6.45, 7) is 0. The molecule has 2 nitrogen and oxygen atoms in total. The smallest absolute Gasteiger partial charge is 0.211 e. The lowest BCUT2D eigenvalue weighted by Gasteiger charge is -2.10. The molecule has 1 saturated carbocycles. The summed E-state index contributed by atoms with van der Waals surface area (Å²) in [5.74, 6) is -6.76. The molecule has 2 rings (SSSR count). The second-order valence-electron chi connectivity index (χ2n) is 3.58. The monoisotopic (exact) mass is 231 g/mol. The first-order valence-corrected chi connectivity index (χ1v) is 4.44. The quantitative estimate of drug-likeness (QED) is 0.253. The molecule has 0 aromatic heterocycles. The molecule has 1 aromatic rings. The summed E-state index contributed by atoms with van der Waals surface area (Å²) in [6.07, 6.45) is 1.78. The van der Waals surface area contributed by atoms with E-state index in [9.17, 15) is 22.4 Å². The fraction of sp³-hybridized carbons (Fsp3) is 0.300. The van der Waals surface area contributed by atoms with Crippen LogP contribution >= 0.6 is 0 Å². The summed E-state index contributed by atoms with van der Waals surface area (Å²) in [7, 11) is 0. The molecule has 0 N–H and O–H groups in total. The van der Waals surface area contributed by atoms with Gasteiger partial charge < -0.3 is 0 Å². The van der Waals surface area contributed by atoms with Crippen LogP contribution in [-0.4, -0.2) is 6.08 Å². The highest BCUT2D eigenvalue weighted by Gasteiger charge is 2.48. The van der Waals surface area contributed by atoms with Crippen LogP contribution in [0.3, 0.4) is 0 Å². The average molecular weight is 231 g/mol. The van der Waals surface area contributed by atoms with Crippen molar-refractivity contribution in [1.82, 2.24) is 0 Å². The van der Waals surface area contributed by atoms with Crippen LogP contribution in [0.1, 0.15) is 18.4 Å². The Morgan fingerprint density at radius 2 is 1.75 bits per heavy atom. The fourth-order valence-corrected chi connectivity index (χ4v) is 1.56. The zero-order chi connectivity index (χ0) is 11.9. The fourth-order valence-electron chi connectivity index (χ4n) is 1.56. The maximum absolute atomic E-state index is 13.3. The predicted octanol–water partition coefficient (Wildman–Crippen LogP) is 2.57. The Labute approximate surface area is 87.6 Å². The van der Waals surface area contributed by atoms with Gasteiger partial charge in [0.15, 0.2) is 23.3 Å². The van der Waals surface area contributed by atoms with Crippen LogP contribution in [0, 0.1) is 23.3 Å². The van der Waals surface area contributed by atoms with Gasteiger partial charge in [-0.25, -0.2) is 22.4 Å². The molecule has 1 aliphatic carbocycles. The highest BCUT2D eigenvalue weighted by Crippen LogP contribution is 2.50. The standard InChI is InChI=1S/C10H5F4NO/c11-6-3-5(7(12)9(14)8(6)13)10(1-2-10)15-4-16/h3H,1-2H2. The first-order chi connectivity index (χ1) is 7.52.